The zero-order valence-corrected chi connectivity index (χ0v) is 15.5. The van der Waals surface area contributed by atoms with Crippen molar-refractivity contribution in [3.63, 3.8) is 0 Å². The van der Waals surface area contributed by atoms with Crippen LogP contribution in [-0.4, -0.2) is 24.4 Å². The van der Waals surface area contributed by atoms with Gasteiger partial charge < -0.3 is 10.2 Å². The van der Waals surface area contributed by atoms with E-state index in [4.69, 9.17) is 0 Å². The van der Waals surface area contributed by atoms with E-state index in [1.807, 2.05) is 24.1 Å². The quantitative estimate of drug-likeness (QED) is 0.888. The van der Waals surface area contributed by atoms with Crippen LogP contribution in [-0.2, 0) is 11.2 Å². The van der Waals surface area contributed by atoms with Crippen LogP contribution < -0.4 is 5.32 Å². The van der Waals surface area contributed by atoms with Crippen LogP contribution >= 0.6 is 0 Å². The summed E-state index contributed by atoms with van der Waals surface area (Å²) in [5.74, 6) is 0.155. The van der Waals surface area contributed by atoms with Crippen LogP contribution in [0.15, 0.2) is 48.5 Å². The first kappa shape index (κ1) is 17.7. The highest BCUT2D eigenvalue weighted by molar-refractivity contribution is 5.78. The van der Waals surface area contributed by atoms with E-state index < -0.39 is 0 Å². The van der Waals surface area contributed by atoms with Gasteiger partial charge in [0, 0.05) is 13.1 Å². The Bertz CT molecular complexity index is 740. The zero-order chi connectivity index (χ0) is 17.8. The summed E-state index contributed by atoms with van der Waals surface area (Å²) in [5.41, 5.74) is 5.21. The Morgan fingerprint density at radius 1 is 1.20 bits per heavy atom. The minimum Gasteiger partial charge on any atom is -0.338 e. The molecule has 25 heavy (non-hydrogen) atoms. The molecule has 0 fully saturated rings. The highest BCUT2D eigenvalue weighted by Gasteiger charge is 2.26. The lowest BCUT2D eigenvalue weighted by Crippen LogP contribution is -2.39. The number of aryl methyl sites for hydroxylation is 2. The molecule has 0 aliphatic heterocycles. The van der Waals surface area contributed by atoms with Crippen LogP contribution in [0.3, 0.4) is 0 Å². The van der Waals surface area contributed by atoms with E-state index in [0.717, 1.165) is 19.3 Å². The average molecular weight is 336 g/mol. The molecule has 2 unspecified atom stereocenters. The van der Waals surface area contributed by atoms with Crippen LogP contribution in [0.1, 0.15) is 54.1 Å². The number of hydrogen-bond donors (Lipinski definition) is 1. The van der Waals surface area contributed by atoms with Gasteiger partial charge in [0.25, 0.3) is 0 Å². The van der Waals surface area contributed by atoms with Crippen molar-refractivity contribution in [1.82, 2.24) is 10.2 Å². The van der Waals surface area contributed by atoms with E-state index in [1.165, 1.54) is 22.3 Å². The number of carbonyl (C=O) groups excluding carboxylic acids is 1. The molecule has 1 aliphatic rings. The number of amides is 1. The van der Waals surface area contributed by atoms with Crippen LogP contribution in [0.4, 0.5) is 0 Å². The number of carbonyl (C=O) groups is 1. The summed E-state index contributed by atoms with van der Waals surface area (Å²) in [6, 6.07) is 17.2. The molecule has 2 aromatic rings. The second-order valence-electron chi connectivity index (χ2n) is 7.07. The Morgan fingerprint density at radius 3 is 2.72 bits per heavy atom. The van der Waals surface area contributed by atoms with E-state index in [2.05, 4.69) is 55.6 Å². The topological polar surface area (TPSA) is 32.3 Å². The Morgan fingerprint density at radius 2 is 1.92 bits per heavy atom. The van der Waals surface area contributed by atoms with Crippen molar-refractivity contribution >= 4 is 5.91 Å². The molecule has 2 atom stereocenters. The van der Waals surface area contributed by atoms with Crippen LogP contribution in [0, 0.1) is 6.92 Å². The van der Waals surface area contributed by atoms with Gasteiger partial charge in [0.1, 0.15) is 0 Å². The molecule has 1 amide bonds. The fraction of sp³-hybridized carbons (Fsp3) is 0.409. The molecule has 3 heteroatoms. The smallest absolute Gasteiger partial charge is 0.236 e. The first-order valence-corrected chi connectivity index (χ1v) is 9.20. The normalized spacial score (nSPS) is 17.6. The Kier molecular flexibility index (Phi) is 5.54. The molecule has 3 nitrogen and oxygen atoms in total. The van der Waals surface area contributed by atoms with Crippen molar-refractivity contribution in [3.8, 4) is 0 Å². The van der Waals surface area contributed by atoms with Gasteiger partial charge in [-0.25, -0.2) is 0 Å². The highest BCUT2D eigenvalue weighted by Crippen LogP contribution is 2.33. The molecule has 1 N–H and O–H groups in total. The molecular weight excluding hydrogens is 308 g/mol. The van der Waals surface area contributed by atoms with Crippen molar-refractivity contribution in [2.75, 3.05) is 13.6 Å². The summed E-state index contributed by atoms with van der Waals surface area (Å²) in [5, 5.41) is 3.39. The van der Waals surface area contributed by atoms with Gasteiger partial charge in [0.2, 0.25) is 5.91 Å². The second-order valence-corrected chi connectivity index (χ2v) is 7.07. The summed E-state index contributed by atoms with van der Waals surface area (Å²) in [6.45, 7) is 4.59. The van der Waals surface area contributed by atoms with E-state index >= 15 is 0 Å². The number of fused-ring (bicyclic) bond motifs is 1. The van der Waals surface area contributed by atoms with Crippen LogP contribution in [0.5, 0.6) is 0 Å². The third-order valence-corrected chi connectivity index (χ3v) is 5.41. The van der Waals surface area contributed by atoms with E-state index in [1.54, 1.807) is 0 Å². The lowest BCUT2D eigenvalue weighted by atomic mass is 9.87. The van der Waals surface area contributed by atoms with Gasteiger partial charge in [0.15, 0.2) is 0 Å². The minimum absolute atomic E-state index is 0.155. The number of nitrogens with zero attached hydrogens (tertiary/aromatic N) is 1. The summed E-state index contributed by atoms with van der Waals surface area (Å²) in [7, 11) is 1.94. The summed E-state index contributed by atoms with van der Waals surface area (Å²) in [6.07, 6.45) is 3.32. The Balaban J connectivity index is 1.63. The first-order valence-electron chi connectivity index (χ1n) is 9.20. The van der Waals surface area contributed by atoms with Gasteiger partial charge in [0.05, 0.1) is 12.6 Å². The number of nitrogens with one attached hydrogen (secondary N) is 1. The maximum absolute atomic E-state index is 12.7. The van der Waals surface area contributed by atoms with Gasteiger partial charge in [-0.2, -0.15) is 0 Å². The van der Waals surface area contributed by atoms with Crippen LogP contribution in [0.25, 0.3) is 0 Å². The number of rotatable bonds is 5. The van der Waals surface area contributed by atoms with Crippen molar-refractivity contribution in [2.45, 2.75) is 45.2 Å². The fourth-order valence-electron chi connectivity index (χ4n) is 3.85. The predicted molar refractivity (Wildman–Crippen MR) is 102 cm³/mol. The predicted octanol–water partition coefficient (Wildman–Crippen LogP) is 4.18. The van der Waals surface area contributed by atoms with Gasteiger partial charge in [-0.1, -0.05) is 48.5 Å². The number of benzene rings is 2. The third-order valence-electron chi connectivity index (χ3n) is 5.41. The van der Waals surface area contributed by atoms with Crippen molar-refractivity contribution in [3.05, 3.63) is 70.8 Å². The molecule has 0 saturated heterocycles. The van der Waals surface area contributed by atoms with E-state index in [9.17, 15) is 4.79 Å². The maximum Gasteiger partial charge on any atom is 0.236 e. The molecule has 0 aromatic heterocycles. The van der Waals surface area contributed by atoms with Gasteiger partial charge in [-0.05, 0) is 55.4 Å². The number of hydrogen-bond acceptors (Lipinski definition) is 2. The van der Waals surface area contributed by atoms with Crippen molar-refractivity contribution in [2.24, 2.45) is 0 Å². The summed E-state index contributed by atoms with van der Waals surface area (Å²) >= 11 is 0. The molecule has 0 radical (unpaired) electrons. The Labute approximate surface area is 151 Å². The molecular formula is C22H28N2O. The van der Waals surface area contributed by atoms with Crippen LogP contribution in [0.2, 0.25) is 0 Å². The highest BCUT2D eigenvalue weighted by atomic mass is 16.2. The standard InChI is InChI=1S/C22H28N2O/c1-16-9-4-6-12-19(16)17(2)23-15-22(25)24(3)21-14-8-11-18-10-5-7-13-20(18)21/h4-7,9-10,12-13,17,21,23H,8,11,14-15H2,1-3H3. The molecule has 0 saturated carbocycles. The molecule has 0 bridgehead atoms. The molecule has 132 valence electrons. The monoisotopic (exact) mass is 336 g/mol. The number of likely N-dealkylation sites (N-methyl/N-ethyl adjacent to an activating group) is 1. The van der Waals surface area contributed by atoms with Gasteiger partial charge in [-0.15, -0.1) is 0 Å². The summed E-state index contributed by atoms with van der Waals surface area (Å²) < 4.78 is 0. The molecule has 2 aromatic carbocycles. The minimum atomic E-state index is 0.155. The lowest BCUT2D eigenvalue weighted by Gasteiger charge is -2.33. The van der Waals surface area contributed by atoms with Crippen molar-refractivity contribution < 1.29 is 4.79 Å². The first-order chi connectivity index (χ1) is 12.1. The van der Waals surface area contributed by atoms with Crippen molar-refractivity contribution in [1.29, 1.82) is 0 Å². The molecule has 3 rings (SSSR count). The molecule has 1 aliphatic carbocycles. The third kappa shape index (κ3) is 3.93. The zero-order valence-electron chi connectivity index (χ0n) is 15.5. The summed E-state index contributed by atoms with van der Waals surface area (Å²) in [4.78, 5) is 14.7. The average Bonchev–Trinajstić information content (AvgIpc) is 2.65. The maximum atomic E-state index is 12.7. The van der Waals surface area contributed by atoms with Gasteiger partial charge in [-0.3, -0.25) is 4.79 Å². The van der Waals surface area contributed by atoms with Gasteiger partial charge >= 0.3 is 0 Å². The molecule has 0 heterocycles. The molecule has 0 spiro atoms. The SMILES string of the molecule is Cc1ccccc1C(C)NCC(=O)N(C)C1CCCc2ccccc21. The fourth-order valence-corrected chi connectivity index (χ4v) is 3.85. The lowest BCUT2D eigenvalue weighted by molar-refractivity contribution is -0.131. The van der Waals surface area contributed by atoms with E-state index in [-0.39, 0.29) is 18.0 Å². The second kappa shape index (κ2) is 7.83. The Hall–Kier alpha value is -2.13. The van der Waals surface area contributed by atoms with E-state index in [0.29, 0.717) is 6.54 Å². The largest absolute Gasteiger partial charge is 0.338 e.